The summed E-state index contributed by atoms with van der Waals surface area (Å²) in [7, 11) is 0. The number of carbonyl (C=O) groups excluding carboxylic acids is 1. The molecule has 2 unspecified atom stereocenters. The lowest BCUT2D eigenvalue weighted by Crippen LogP contribution is -2.51. The molecule has 2 atom stereocenters. The molecule has 1 heterocycles. The van der Waals surface area contributed by atoms with Gasteiger partial charge in [-0.3, -0.25) is 4.79 Å². The maximum atomic E-state index is 12.1. The van der Waals surface area contributed by atoms with Crippen LogP contribution in [0.25, 0.3) is 0 Å². The van der Waals surface area contributed by atoms with Gasteiger partial charge in [-0.05, 0) is 52.0 Å². The van der Waals surface area contributed by atoms with Crippen molar-refractivity contribution in [1.82, 2.24) is 10.6 Å². The zero-order valence-electron chi connectivity index (χ0n) is 9.81. The summed E-state index contributed by atoms with van der Waals surface area (Å²) in [6.45, 7) is 6.10. The molecule has 0 aromatic heterocycles. The van der Waals surface area contributed by atoms with E-state index in [1.807, 2.05) is 0 Å². The smallest absolute Gasteiger partial charge is 0.227 e. The van der Waals surface area contributed by atoms with Gasteiger partial charge in [-0.25, -0.2) is 0 Å². The van der Waals surface area contributed by atoms with E-state index in [2.05, 4.69) is 24.5 Å². The predicted octanol–water partition coefficient (Wildman–Crippen LogP) is 1.29. The van der Waals surface area contributed by atoms with Crippen LogP contribution in [0, 0.1) is 11.3 Å². The third-order valence-electron chi connectivity index (χ3n) is 3.83. The molecule has 0 spiro atoms. The van der Waals surface area contributed by atoms with Gasteiger partial charge in [0.05, 0.1) is 5.41 Å². The van der Waals surface area contributed by atoms with Crippen LogP contribution in [0.3, 0.4) is 0 Å². The molecule has 0 radical (unpaired) electrons. The molecule has 2 fully saturated rings. The van der Waals surface area contributed by atoms with E-state index in [0.29, 0.717) is 6.04 Å². The minimum atomic E-state index is -0.179. The number of rotatable bonds is 3. The zero-order chi connectivity index (χ0) is 10.9. The van der Waals surface area contributed by atoms with E-state index in [4.69, 9.17) is 0 Å². The van der Waals surface area contributed by atoms with Gasteiger partial charge in [0.25, 0.3) is 0 Å². The fourth-order valence-corrected chi connectivity index (χ4v) is 2.35. The van der Waals surface area contributed by atoms with Crippen molar-refractivity contribution in [1.29, 1.82) is 0 Å². The Morgan fingerprint density at radius 3 is 2.80 bits per heavy atom. The fourth-order valence-electron chi connectivity index (χ4n) is 2.35. The van der Waals surface area contributed by atoms with Crippen molar-refractivity contribution in [2.75, 3.05) is 13.1 Å². The quantitative estimate of drug-likeness (QED) is 0.737. The molecule has 2 N–H and O–H groups in total. The van der Waals surface area contributed by atoms with Crippen LogP contribution in [0.5, 0.6) is 0 Å². The van der Waals surface area contributed by atoms with Crippen LogP contribution in [0.1, 0.15) is 39.5 Å². The lowest BCUT2D eigenvalue weighted by atomic mass is 9.81. The highest BCUT2D eigenvalue weighted by molar-refractivity contribution is 5.82. The van der Waals surface area contributed by atoms with Crippen molar-refractivity contribution in [3.8, 4) is 0 Å². The molecule has 2 rings (SSSR count). The third kappa shape index (κ3) is 2.51. The molecule has 1 aliphatic heterocycles. The predicted molar refractivity (Wildman–Crippen MR) is 60.5 cm³/mol. The fraction of sp³-hybridized carbons (Fsp3) is 0.917. The number of piperidine rings is 1. The lowest BCUT2D eigenvalue weighted by Gasteiger charge is -2.33. The first-order chi connectivity index (χ1) is 7.12. The Morgan fingerprint density at radius 1 is 1.53 bits per heavy atom. The Hall–Kier alpha value is -0.570. The van der Waals surface area contributed by atoms with Crippen LogP contribution in [-0.2, 0) is 4.79 Å². The van der Waals surface area contributed by atoms with Gasteiger partial charge in [0.15, 0.2) is 0 Å². The average molecular weight is 210 g/mol. The molecule has 3 heteroatoms. The first-order valence-corrected chi connectivity index (χ1v) is 6.13. The summed E-state index contributed by atoms with van der Waals surface area (Å²) in [6, 6.07) is 0.372. The Bertz CT molecular complexity index is 242. The number of carbonyl (C=O) groups is 1. The van der Waals surface area contributed by atoms with Gasteiger partial charge in [0.2, 0.25) is 5.91 Å². The first-order valence-electron chi connectivity index (χ1n) is 6.13. The normalized spacial score (nSPS) is 33.5. The molecule has 1 amide bonds. The molecule has 86 valence electrons. The molecule has 3 nitrogen and oxygen atoms in total. The molecular formula is C12H22N2O. The van der Waals surface area contributed by atoms with Crippen LogP contribution in [0.15, 0.2) is 0 Å². The highest BCUT2D eigenvalue weighted by Crippen LogP contribution is 2.33. The Balaban J connectivity index is 1.87. The maximum absolute atomic E-state index is 12.1. The van der Waals surface area contributed by atoms with Crippen LogP contribution in [0.4, 0.5) is 0 Å². The largest absolute Gasteiger partial charge is 0.353 e. The van der Waals surface area contributed by atoms with E-state index in [-0.39, 0.29) is 11.3 Å². The first kappa shape index (κ1) is 10.9. The van der Waals surface area contributed by atoms with Crippen molar-refractivity contribution in [2.24, 2.45) is 11.3 Å². The number of hydrogen-bond acceptors (Lipinski definition) is 2. The third-order valence-corrected chi connectivity index (χ3v) is 3.83. The zero-order valence-corrected chi connectivity index (χ0v) is 9.81. The van der Waals surface area contributed by atoms with Gasteiger partial charge in [0.1, 0.15) is 0 Å². The molecule has 0 aromatic carbocycles. The summed E-state index contributed by atoms with van der Waals surface area (Å²) in [6.07, 6.45) is 4.71. The van der Waals surface area contributed by atoms with Gasteiger partial charge in [0, 0.05) is 12.6 Å². The highest BCUT2D eigenvalue weighted by Gasteiger charge is 2.37. The Morgan fingerprint density at radius 2 is 2.27 bits per heavy atom. The number of amides is 1. The van der Waals surface area contributed by atoms with Gasteiger partial charge >= 0.3 is 0 Å². The number of nitrogens with one attached hydrogen (secondary N) is 2. The SMILES string of the molecule is CC(NC(=O)C1(C)CCCNC1)C1CC1. The van der Waals surface area contributed by atoms with Crippen LogP contribution in [-0.4, -0.2) is 25.0 Å². The van der Waals surface area contributed by atoms with Gasteiger partial charge in [-0.15, -0.1) is 0 Å². The Kier molecular flexibility index (Phi) is 3.01. The summed E-state index contributed by atoms with van der Waals surface area (Å²) in [4.78, 5) is 12.1. The maximum Gasteiger partial charge on any atom is 0.227 e. The van der Waals surface area contributed by atoms with E-state index < -0.39 is 0 Å². The van der Waals surface area contributed by atoms with Crippen molar-refractivity contribution < 1.29 is 4.79 Å². The molecule has 1 saturated carbocycles. The van der Waals surface area contributed by atoms with Crippen LogP contribution in [0.2, 0.25) is 0 Å². The Labute approximate surface area is 92.0 Å². The van der Waals surface area contributed by atoms with E-state index >= 15 is 0 Å². The topological polar surface area (TPSA) is 41.1 Å². The molecule has 0 aromatic rings. The summed E-state index contributed by atoms with van der Waals surface area (Å²) in [5.74, 6) is 0.989. The molecule has 1 aliphatic carbocycles. The van der Waals surface area contributed by atoms with Gasteiger partial charge in [-0.2, -0.15) is 0 Å². The summed E-state index contributed by atoms with van der Waals surface area (Å²) in [5.41, 5.74) is -0.179. The van der Waals surface area contributed by atoms with Crippen molar-refractivity contribution in [2.45, 2.75) is 45.6 Å². The second kappa shape index (κ2) is 4.12. The second-order valence-corrected chi connectivity index (χ2v) is 5.44. The molecule has 2 aliphatic rings. The average Bonchev–Trinajstić information content (AvgIpc) is 3.01. The van der Waals surface area contributed by atoms with Crippen LogP contribution >= 0.6 is 0 Å². The monoisotopic (exact) mass is 210 g/mol. The van der Waals surface area contributed by atoms with Crippen LogP contribution < -0.4 is 10.6 Å². The van der Waals surface area contributed by atoms with E-state index in [0.717, 1.165) is 31.8 Å². The highest BCUT2D eigenvalue weighted by atomic mass is 16.2. The summed E-state index contributed by atoms with van der Waals surface area (Å²) >= 11 is 0. The van der Waals surface area contributed by atoms with Gasteiger partial charge < -0.3 is 10.6 Å². The second-order valence-electron chi connectivity index (χ2n) is 5.44. The molecule has 0 bridgehead atoms. The van der Waals surface area contributed by atoms with E-state index in [1.54, 1.807) is 0 Å². The van der Waals surface area contributed by atoms with E-state index in [1.165, 1.54) is 12.8 Å². The lowest BCUT2D eigenvalue weighted by molar-refractivity contribution is -0.131. The van der Waals surface area contributed by atoms with Crippen molar-refractivity contribution in [3.05, 3.63) is 0 Å². The van der Waals surface area contributed by atoms with Crippen molar-refractivity contribution in [3.63, 3.8) is 0 Å². The molecule has 15 heavy (non-hydrogen) atoms. The van der Waals surface area contributed by atoms with Crippen molar-refractivity contribution >= 4 is 5.91 Å². The minimum Gasteiger partial charge on any atom is -0.353 e. The molecular weight excluding hydrogens is 188 g/mol. The minimum absolute atomic E-state index is 0.179. The van der Waals surface area contributed by atoms with Gasteiger partial charge in [-0.1, -0.05) is 0 Å². The summed E-state index contributed by atoms with van der Waals surface area (Å²) in [5, 5.41) is 6.49. The standard InChI is InChI=1S/C12H22N2O/c1-9(10-4-5-10)14-11(15)12(2)6-3-7-13-8-12/h9-10,13H,3-8H2,1-2H3,(H,14,15). The number of hydrogen-bond donors (Lipinski definition) is 2. The summed E-state index contributed by atoms with van der Waals surface area (Å²) < 4.78 is 0. The van der Waals surface area contributed by atoms with E-state index in [9.17, 15) is 4.79 Å². The molecule has 1 saturated heterocycles.